The smallest absolute Gasteiger partial charge is 0.140 e. The Labute approximate surface area is 325 Å². The van der Waals surface area contributed by atoms with Crippen molar-refractivity contribution in [3.05, 3.63) is 186 Å². The molecule has 0 spiro atoms. The zero-order valence-corrected chi connectivity index (χ0v) is 32.2. The van der Waals surface area contributed by atoms with Crippen molar-refractivity contribution < 1.29 is 4.74 Å². The predicted octanol–water partition coefficient (Wildman–Crippen LogP) is 15.1. The van der Waals surface area contributed by atoms with Gasteiger partial charge in [-0.1, -0.05) is 131 Å². The van der Waals surface area contributed by atoms with Crippen LogP contribution in [0, 0.1) is 0 Å². The third kappa shape index (κ3) is 4.79. The van der Waals surface area contributed by atoms with Gasteiger partial charge < -0.3 is 9.64 Å². The van der Waals surface area contributed by atoms with E-state index in [9.17, 15) is 0 Å². The van der Waals surface area contributed by atoms with E-state index in [1.54, 1.807) is 0 Å². The van der Waals surface area contributed by atoms with Gasteiger partial charge in [-0.05, 0) is 105 Å². The van der Waals surface area contributed by atoms with Crippen LogP contribution >= 0.6 is 11.3 Å². The van der Waals surface area contributed by atoms with Gasteiger partial charge in [-0.2, -0.15) is 0 Å². The van der Waals surface area contributed by atoms with Gasteiger partial charge in [0.1, 0.15) is 11.5 Å². The summed E-state index contributed by atoms with van der Waals surface area (Å²) in [5.74, 6) is 1.93. The molecule has 0 atom stereocenters. The number of hydrogen-bond acceptors (Lipinski definition) is 3. The lowest BCUT2D eigenvalue weighted by molar-refractivity contribution is 0.423. The van der Waals surface area contributed by atoms with Crippen LogP contribution in [0.5, 0.6) is 11.5 Å². The second kappa shape index (κ2) is 11.7. The maximum absolute atomic E-state index is 6.83. The minimum atomic E-state index is -0.232. The zero-order chi connectivity index (χ0) is 37.1. The first kappa shape index (κ1) is 32.3. The summed E-state index contributed by atoms with van der Waals surface area (Å²) < 4.78 is 9.39. The summed E-state index contributed by atoms with van der Waals surface area (Å²) >= 11 is 1.84. The Bertz CT molecular complexity index is 3020. The fourth-order valence-electron chi connectivity index (χ4n) is 9.32. The molecule has 0 unspecified atom stereocenters. The molecule has 9 aromatic rings. The molecule has 55 heavy (non-hydrogen) atoms. The number of nitrogens with zero attached hydrogens (tertiary/aromatic N) is 1. The highest BCUT2D eigenvalue weighted by Crippen LogP contribution is 2.54. The molecule has 3 heteroatoms. The number of benzene rings is 8. The first-order valence-corrected chi connectivity index (χ1v) is 20.0. The molecule has 0 bridgehead atoms. The second-order valence-electron chi connectivity index (χ2n) is 16.2. The summed E-state index contributed by atoms with van der Waals surface area (Å²) in [5.41, 5.74) is 13.3. The van der Waals surface area contributed by atoms with Gasteiger partial charge in [-0.25, -0.2) is 0 Å². The number of thiophene rings is 1. The van der Waals surface area contributed by atoms with Gasteiger partial charge in [0.05, 0.1) is 0 Å². The third-order valence-electron chi connectivity index (χ3n) is 12.3. The molecule has 0 N–H and O–H groups in total. The van der Waals surface area contributed by atoms with Crippen LogP contribution in [0.3, 0.4) is 0 Å². The van der Waals surface area contributed by atoms with E-state index in [4.69, 9.17) is 4.74 Å². The van der Waals surface area contributed by atoms with Gasteiger partial charge >= 0.3 is 0 Å². The fraction of sp³-hybridized carbons (Fsp3) is 0.115. The summed E-state index contributed by atoms with van der Waals surface area (Å²) in [7, 11) is 0. The lowest BCUT2D eigenvalue weighted by atomic mass is 9.74. The van der Waals surface area contributed by atoms with Crippen molar-refractivity contribution in [3.63, 3.8) is 0 Å². The van der Waals surface area contributed by atoms with E-state index in [1.807, 2.05) is 11.3 Å². The standard InChI is InChI=1S/C52H39NOS/c1-51(2)42-15-9-7-13-39(42)40-25-24-38(31-44(40)51)53(37-23-19-32-11-5-6-12-34(32)29-37)36-21-17-33(18-22-36)35-20-27-46-45(30-35)52(3,4)43-26-28-48-49(50(43)54-46)41-14-8-10-16-47(41)55-48/h5-31H,1-4H3. The second-order valence-corrected chi connectivity index (χ2v) is 17.2. The highest BCUT2D eigenvalue weighted by Gasteiger charge is 2.37. The average molecular weight is 726 g/mol. The lowest BCUT2D eigenvalue weighted by Gasteiger charge is -2.35. The number of hydrogen-bond donors (Lipinski definition) is 0. The van der Waals surface area contributed by atoms with Crippen LogP contribution in [0.4, 0.5) is 17.1 Å². The number of rotatable bonds is 4. The Kier molecular flexibility index (Phi) is 6.85. The molecule has 8 aromatic carbocycles. The Hall–Kier alpha value is -6.16. The van der Waals surface area contributed by atoms with Gasteiger partial charge in [0.2, 0.25) is 0 Å². The number of anilines is 3. The van der Waals surface area contributed by atoms with Gasteiger partial charge in [-0.3, -0.25) is 0 Å². The molecular weight excluding hydrogens is 687 g/mol. The normalized spacial score (nSPS) is 14.6. The van der Waals surface area contributed by atoms with Crippen molar-refractivity contribution in [2.24, 2.45) is 0 Å². The molecule has 1 aliphatic heterocycles. The van der Waals surface area contributed by atoms with Crippen molar-refractivity contribution in [2.45, 2.75) is 38.5 Å². The topological polar surface area (TPSA) is 12.5 Å². The molecule has 0 amide bonds. The molecule has 1 aliphatic carbocycles. The maximum Gasteiger partial charge on any atom is 0.140 e. The predicted molar refractivity (Wildman–Crippen MR) is 233 cm³/mol. The van der Waals surface area contributed by atoms with Crippen LogP contribution < -0.4 is 9.64 Å². The van der Waals surface area contributed by atoms with Gasteiger partial charge in [0.15, 0.2) is 0 Å². The van der Waals surface area contributed by atoms with Crippen molar-refractivity contribution >= 4 is 59.3 Å². The van der Waals surface area contributed by atoms with Crippen LogP contribution in [-0.4, -0.2) is 0 Å². The summed E-state index contributed by atoms with van der Waals surface area (Å²) in [5, 5.41) is 4.96. The van der Waals surface area contributed by atoms with E-state index in [0.717, 1.165) is 28.6 Å². The van der Waals surface area contributed by atoms with Crippen LogP contribution in [0.25, 0.3) is 53.2 Å². The molecule has 11 rings (SSSR count). The van der Waals surface area contributed by atoms with E-state index in [0.29, 0.717) is 0 Å². The molecule has 2 heterocycles. The molecule has 264 valence electrons. The summed E-state index contributed by atoms with van der Waals surface area (Å²) in [6.45, 7) is 9.37. The zero-order valence-electron chi connectivity index (χ0n) is 31.4. The van der Waals surface area contributed by atoms with Crippen LogP contribution in [0.2, 0.25) is 0 Å². The SMILES string of the molecule is CC1(C)c2ccccc2-c2ccc(N(c3ccc(-c4ccc5c(c4)C(C)(C)c4ccc6sc7ccccc7c6c4O5)cc3)c3ccc4ccccc4c3)cc21. The monoisotopic (exact) mass is 725 g/mol. The van der Waals surface area contributed by atoms with Crippen molar-refractivity contribution in [2.75, 3.05) is 4.90 Å². The van der Waals surface area contributed by atoms with Crippen LogP contribution in [-0.2, 0) is 10.8 Å². The number of fused-ring (bicyclic) bond motifs is 10. The Morgan fingerprint density at radius 1 is 0.455 bits per heavy atom. The average Bonchev–Trinajstić information content (AvgIpc) is 3.70. The Morgan fingerprint density at radius 2 is 1.13 bits per heavy atom. The first-order chi connectivity index (χ1) is 26.8. The van der Waals surface area contributed by atoms with Crippen molar-refractivity contribution in [1.29, 1.82) is 0 Å². The molecule has 0 saturated carbocycles. The molecular formula is C52H39NOS. The van der Waals surface area contributed by atoms with Gasteiger partial charge in [0.25, 0.3) is 0 Å². The maximum atomic E-state index is 6.83. The summed E-state index contributed by atoms with van der Waals surface area (Å²) in [6, 6.07) is 60.3. The summed E-state index contributed by atoms with van der Waals surface area (Å²) in [4.78, 5) is 2.41. The molecule has 2 aliphatic rings. The minimum absolute atomic E-state index is 0.0885. The Morgan fingerprint density at radius 3 is 2.00 bits per heavy atom. The molecule has 0 saturated heterocycles. The van der Waals surface area contributed by atoms with Crippen LogP contribution in [0.1, 0.15) is 49.9 Å². The summed E-state index contributed by atoms with van der Waals surface area (Å²) in [6.07, 6.45) is 0. The largest absolute Gasteiger partial charge is 0.456 e. The van der Waals surface area contributed by atoms with Crippen LogP contribution in [0.15, 0.2) is 164 Å². The lowest BCUT2D eigenvalue weighted by Crippen LogP contribution is -2.24. The van der Waals surface area contributed by atoms with E-state index in [1.165, 1.54) is 75.5 Å². The van der Waals surface area contributed by atoms with E-state index >= 15 is 0 Å². The van der Waals surface area contributed by atoms with E-state index in [2.05, 4.69) is 196 Å². The molecule has 1 aromatic heterocycles. The van der Waals surface area contributed by atoms with E-state index < -0.39 is 0 Å². The third-order valence-corrected chi connectivity index (χ3v) is 13.4. The van der Waals surface area contributed by atoms with Gasteiger partial charge in [0, 0.05) is 59.2 Å². The highest BCUT2D eigenvalue weighted by atomic mass is 32.1. The first-order valence-electron chi connectivity index (χ1n) is 19.2. The van der Waals surface area contributed by atoms with E-state index in [-0.39, 0.29) is 10.8 Å². The molecule has 2 nitrogen and oxygen atoms in total. The van der Waals surface area contributed by atoms with Crippen molar-refractivity contribution in [3.8, 4) is 33.8 Å². The quantitative estimate of drug-likeness (QED) is 0.179. The van der Waals surface area contributed by atoms with Crippen molar-refractivity contribution in [1.82, 2.24) is 0 Å². The Balaban J connectivity index is 0.991. The molecule has 0 fully saturated rings. The fourth-order valence-corrected chi connectivity index (χ4v) is 10.4. The molecule has 0 radical (unpaired) electrons. The number of ether oxygens (including phenoxy) is 1. The minimum Gasteiger partial charge on any atom is -0.456 e. The van der Waals surface area contributed by atoms with Gasteiger partial charge in [-0.15, -0.1) is 11.3 Å². The highest BCUT2D eigenvalue weighted by molar-refractivity contribution is 7.25.